The number of benzene rings is 1. The fourth-order valence-electron chi connectivity index (χ4n) is 1.25. The lowest BCUT2D eigenvalue weighted by molar-refractivity contribution is -0.112. The number of hydrogen-bond acceptors (Lipinski definition) is 3. The molecule has 0 unspecified atom stereocenters. The molecule has 0 fully saturated rings. The molecule has 1 aromatic carbocycles. The van der Waals surface area contributed by atoms with E-state index in [1.807, 2.05) is 0 Å². The summed E-state index contributed by atoms with van der Waals surface area (Å²) in [6.07, 6.45) is 1.48. The van der Waals surface area contributed by atoms with Crippen molar-refractivity contribution in [2.75, 3.05) is 5.32 Å². The summed E-state index contributed by atoms with van der Waals surface area (Å²) in [6.45, 7) is 4.88. The van der Waals surface area contributed by atoms with Crippen molar-refractivity contribution in [1.29, 1.82) is 0 Å². The van der Waals surface area contributed by atoms with Gasteiger partial charge in [0.25, 0.3) is 5.91 Å². The van der Waals surface area contributed by atoms with Crippen LogP contribution in [0.4, 0.5) is 5.69 Å². The molecule has 0 spiro atoms. The van der Waals surface area contributed by atoms with Crippen LogP contribution in [0.15, 0.2) is 41.0 Å². The Balaban J connectivity index is 2.97. The third-order valence-electron chi connectivity index (χ3n) is 2.12. The van der Waals surface area contributed by atoms with Crippen LogP contribution in [0, 0.1) is 0 Å². The van der Waals surface area contributed by atoms with Crippen LogP contribution in [0.2, 0.25) is 0 Å². The minimum Gasteiger partial charge on any atom is -0.321 e. The highest BCUT2D eigenvalue weighted by Gasteiger charge is 2.17. The number of carbonyl (C=O) groups excluding carboxylic acids is 1. The van der Waals surface area contributed by atoms with Gasteiger partial charge in [-0.1, -0.05) is 12.1 Å². The first-order chi connectivity index (χ1) is 8.38. The van der Waals surface area contributed by atoms with E-state index in [0.717, 1.165) is 0 Å². The average molecular weight is 268 g/mol. The maximum atomic E-state index is 11.6. The van der Waals surface area contributed by atoms with E-state index in [2.05, 4.69) is 17.0 Å². The van der Waals surface area contributed by atoms with Crippen molar-refractivity contribution in [1.82, 2.24) is 0 Å². The lowest BCUT2D eigenvalue weighted by atomic mass is 10.3. The van der Waals surface area contributed by atoms with Crippen LogP contribution in [0.1, 0.15) is 6.92 Å². The predicted molar refractivity (Wildman–Crippen MR) is 70.1 cm³/mol. The molecule has 0 radical (unpaired) electrons. The molecule has 0 aliphatic rings. The predicted octanol–water partition coefficient (Wildman–Crippen LogP) is 1.03. The first-order valence-electron chi connectivity index (χ1n) is 4.99. The number of carbonyl (C=O) groups is 1. The first kappa shape index (κ1) is 14.3. The Bertz CT molecular complexity index is 548. The molecule has 0 bridgehead atoms. The summed E-state index contributed by atoms with van der Waals surface area (Å²) in [4.78, 5) is 33.2. The highest BCUT2D eigenvalue weighted by Crippen LogP contribution is 2.33. The second-order valence-electron chi connectivity index (χ2n) is 3.38. The smallest absolute Gasteiger partial charge is 0.321 e. The van der Waals surface area contributed by atoms with E-state index in [1.165, 1.54) is 30.3 Å². The van der Waals surface area contributed by atoms with E-state index in [9.17, 15) is 9.36 Å². The monoisotopic (exact) mass is 268 g/mol. The minimum atomic E-state index is -4.33. The van der Waals surface area contributed by atoms with Crippen LogP contribution in [-0.2, 0) is 9.36 Å². The van der Waals surface area contributed by atoms with E-state index in [-0.39, 0.29) is 16.7 Å². The second-order valence-corrected chi connectivity index (χ2v) is 4.98. The molecule has 1 rings (SSSR count). The molecule has 0 heterocycles. The molecule has 0 aliphatic heterocycles. The molecule has 1 aromatic rings. The average Bonchev–Trinajstić information content (AvgIpc) is 2.29. The summed E-state index contributed by atoms with van der Waals surface area (Å²) in [7, 11) is -4.33. The molecule has 7 heteroatoms. The fraction of sp³-hybridized carbons (Fsp3) is 0.0909. The van der Waals surface area contributed by atoms with E-state index >= 15 is 0 Å². The quantitative estimate of drug-likeness (QED) is 0.431. The Morgan fingerprint density at radius 2 is 2.17 bits per heavy atom. The van der Waals surface area contributed by atoms with E-state index in [1.54, 1.807) is 6.92 Å². The summed E-state index contributed by atoms with van der Waals surface area (Å²) in [5.74, 6) is -0.490. The van der Waals surface area contributed by atoms with Gasteiger partial charge in [-0.05, 0) is 31.8 Å². The third-order valence-corrected chi connectivity index (χ3v) is 3.07. The molecule has 0 saturated heterocycles. The molecule has 0 aromatic heterocycles. The van der Waals surface area contributed by atoms with Crippen LogP contribution in [0.3, 0.4) is 0 Å². The van der Waals surface area contributed by atoms with Gasteiger partial charge < -0.3 is 15.1 Å². The Morgan fingerprint density at radius 3 is 2.67 bits per heavy atom. The number of allylic oxidation sites excluding steroid dienone is 1. The van der Waals surface area contributed by atoms with E-state index in [4.69, 9.17) is 9.79 Å². The maximum absolute atomic E-state index is 11.6. The van der Waals surface area contributed by atoms with Crippen molar-refractivity contribution in [3.8, 4) is 0 Å². The van der Waals surface area contributed by atoms with E-state index < -0.39 is 13.5 Å². The van der Waals surface area contributed by atoms with Crippen molar-refractivity contribution in [3.63, 3.8) is 0 Å². The lowest BCUT2D eigenvalue weighted by Crippen LogP contribution is -2.14. The van der Waals surface area contributed by atoms with Crippen molar-refractivity contribution in [2.45, 2.75) is 6.92 Å². The van der Waals surface area contributed by atoms with Gasteiger partial charge in [0.05, 0.1) is 5.30 Å². The van der Waals surface area contributed by atoms with Crippen molar-refractivity contribution < 1.29 is 19.1 Å². The SMILES string of the molecule is C=N/C(=C\C)C(=O)Nc1cccc(P(=O)(O)O)c1. The maximum Gasteiger partial charge on any atom is 0.356 e. The number of rotatable bonds is 4. The third kappa shape index (κ3) is 3.63. The normalized spacial score (nSPS) is 12.1. The standard InChI is InChI=1S/C11H13N2O4P/c1-3-10(12-2)11(14)13-8-5-4-6-9(7-8)18(15,16)17/h3-7H,2H2,1H3,(H,13,14)(H2,15,16,17)/b10-3-. The van der Waals surface area contributed by atoms with Crippen molar-refractivity contribution in [2.24, 2.45) is 4.99 Å². The molecule has 3 N–H and O–H groups in total. The van der Waals surface area contributed by atoms with Gasteiger partial charge >= 0.3 is 7.60 Å². The Hall–Kier alpha value is -1.75. The fourth-order valence-corrected chi connectivity index (χ4v) is 1.84. The van der Waals surface area contributed by atoms with Gasteiger partial charge in [0.2, 0.25) is 0 Å². The van der Waals surface area contributed by atoms with E-state index in [0.29, 0.717) is 0 Å². The summed E-state index contributed by atoms with van der Waals surface area (Å²) >= 11 is 0. The number of hydrogen-bond donors (Lipinski definition) is 3. The molecule has 6 nitrogen and oxygen atoms in total. The number of nitrogens with zero attached hydrogens (tertiary/aromatic N) is 1. The zero-order valence-corrected chi connectivity index (χ0v) is 10.6. The Morgan fingerprint density at radius 1 is 1.50 bits per heavy atom. The van der Waals surface area contributed by atoms with Crippen molar-refractivity contribution >= 4 is 31.2 Å². The largest absolute Gasteiger partial charge is 0.356 e. The molecular formula is C11H13N2O4P. The number of aliphatic imine (C=N–C) groups is 1. The highest BCUT2D eigenvalue weighted by atomic mass is 31.2. The van der Waals surface area contributed by atoms with Gasteiger partial charge in [-0.15, -0.1) is 0 Å². The van der Waals surface area contributed by atoms with Crippen LogP contribution in [0.25, 0.3) is 0 Å². The highest BCUT2D eigenvalue weighted by molar-refractivity contribution is 7.60. The second kappa shape index (κ2) is 5.73. The molecular weight excluding hydrogens is 255 g/mol. The van der Waals surface area contributed by atoms with Gasteiger partial charge in [-0.3, -0.25) is 14.4 Å². The van der Waals surface area contributed by atoms with Gasteiger partial charge in [0.1, 0.15) is 5.70 Å². The van der Waals surface area contributed by atoms with Gasteiger partial charge in [-0.2, -0.15) is 0 Å². The zero-order valence-electron chi connectivity index (χ0n) is 9.70. The van der Waals surface area contributed by atoms with Crippen LogP contribution in [-0.4, -0.2) is 22.4 Å². The molecule has 0 atom stereocenters. The summed E-state index contributed by atoms with van der Waals surface area (Å²) in [6, 6.07) is 5.47. The van der Waals surface area contributed by atoms with Gasteiger partial charge in [0, 0.05) is 5.69 Å². The minimum absolute atomic E-state index is 0.136. The molecule has 0 saturated carbocycles. The lowest BCUT2D eigenvalue weighted by Gasteiger charge is -2.08. The first-order valence-corrected chi connectivity index (χ1v) is 6.60. The molecule has 1 amide bonds. The molecule has 96 valence electrons. The molecule has 0 aliphatic carbocycles. The summed E-state index contributed by atoms with van der Waals surface area (Å²) < 4.78 is 11.1. The number of anilines is 1. The number of nitrogens with one attached hydrogen (secondary N) is 1. The Labute approximate surface area is 104 Å². The van der Waals surface area contributed by atoms with Gasteiger partial charge in [0.15, 0.2) is 0 Å². The van der Waals surface area contributed by atoms with Crippen LogP contribution in [0.5, 0.6) is 0 Å². The van der Waals surface area contributed by atoms with Crippen molar-refractivity contribution in [3.05, 3.63) is 36.0 Å². The molecule has 18 heavy (non-hydrogen) atoms. The summed E-state index contributed by atoms with van der Waals surface area (Å²) in [5, 5.41) is 2.31. The Kier molecular flexibility index (Phi) is 4.55. The van der Waals surface area contributed by atoms with Crippen LogP contribution < -0.4 is 10.6 Å². The topological polar surface area (TPSA) is 99.0 Å². The van der Waals surface area contributed by atoms with Crippen LogP contribution >= 0.6 is 7.60 Å². The number of amides is 1. The summed E-state index contributed by atoms with van der Waals surface area (Å²) in [5.41, 5.74) is 0.417. The van der Waals surface area contributed by atoms with Gasteiger partial charge in [-0.25, -0.2) is 0 Å². The zero-order chi connectivity index (χ0) is 13.8.